The van der Waals surface area contributed by atoms with Gasteiger partial charge in [-0.1, -0.05) is 42.8 Å². The van der Waals surface area contributed by atoms with Crippen LogP contribution in [0.5, 0.6) is 0 Å². The monoisotopic (exact) mass is 271 g/mol. The third-order valence-electron chi connectivity index (χ3n) is 4.00. The van der Waals surface area contributed by atoms with Crippen LogP contribution in [0.3, 0.4) is 0 Å². The lowest BCUT2D eigenvalue weighted by Gasteiger charge is -2.05. The Hall–Kier alpha value is -1.68. The fourth-order valence-electron chi connectivity index (χ4n) is 2.96. The van der Waals surface area contributed by atoms with Gasteiger partial charge < -0.3 is 10.3 Å². The Balaban J connectivity index is 1.67. The second kappa shape index (κ2) is 5.75. The smallest absolute Gasteiger partial charge is 0.228 e. The van der Waals surface area contributed by atoms with Crippen molar-refractivity contribution >= 4 is 0 Å². The molecule has 2 aromatic rings. The zero-order valence-corrected chi connectivity index (χ0v) is 11.9. The number of aromatic nitrogens is 2. The van der Waals surface area contributed by atoms with Crippen LogP contribution in [0, 0.1) is 0 Å². The minimum absolute atomic E-state index is 0.120. The molecule has 2 N–H and O–H groups in total. The highest BCUT2D eigenvalue weighted by molar-refractivity contribution is 5.34. The van der Waals surface area contributed by atoms with Gasteiger partial charge in [-0.3, -0.25) is 0 Å². The molecule has 0 amide bonds. The van der Waals surface area contributed by atoms with E-state index in [1.165, 1.54) is 11.1 Å². The fraction of sp³-hybridized carbons (Fsp3) is 0.500. The summed E-state index contributed by atoms with van der Waals surface area (Å²) in [6.07, 6.45) is 4.78. The average Bonchev–Trinajstić information content (AvgIpc) is 3.04. The van der Waals surface area contributed by atoms with Crippen LogP contribution in [-0.4, -0.2) is 16.2 Å². The van der Waals surface area contributed by atoms with Crippen molar-refractivity contribution in [2.75, 3.05) is 0 Å². The van der Waals surface area contributed by atoms with Crippen LogP contribution in [0.4, 0.5) is 0 Å². The molecule has 1 unspecified atom stereocenters. The lowest BCUT2D eigenvalue weighted by molar-refractivity contribution is 0.358. The summed E-state index contributed by atoms with van der Waals surface area (Å²) in [5.41, 5.74) is 8.84. The van der Waals surface area contributed by atoms with E-state index >= 15 is 0 Å². The average molecular weight is 271 g/mol. The Morgan fingerprint density at radius 1 is 1.30 bits per heavy atom. The maximum absolute atomic E-state index is 6.02. The van der Waals surface area contributed by atoms with Gasteiger partial charge >= 0.3 is 0 Å². The Kier molecular flexibility index (Phi) is 3.83. The molecule has 4 heteroatoms. The maximum atomic E-state index is 6.02. The zero-order chi connectivity index (χ0) is 13.9. The number of fused-ring (bicyclic) bond motifs is 1. The molecule has 0 aliphatic heterocycles. The molecule has 0 fully saturated rings. The normalized spacial score (nSPS) is 16.3. The van der Waals surface area contributed by atoms with E-state index in [0.29, 0.717) is 18.2 Å². The van der Waals surface area contributed by atoms with E-state index in [-0.39, 0.29) is 6.04 Å². The molecular formula is C16H21N3O. The number of rotatable bonds is 5. The highest BCUT2D eigenvalue weighted by Gasteiger charge is 2.26. The van der Waals surface area contributed by atoms with E-state index in [0.717, 1.165) is 31.5 Å². The van der Waals surface area contributed by atoms with Crippen molar-refractivity contribution in [1.29, 1.82) is 0 Å². The molecule has 1 aromatic carbocycles. The van der Waals surface area contributed by atoms with Crippen LogP contribution in [-0.2, 0) is 19.3 Å². The van der Waals surface area contributed by atoms with E-state index < -0.39 is 0 Å². The van der Waals surface area contributed by atoms with Crippen molar-refractivity contribution in [3.8, 4) is 0 Å². The van der Waals surface area contributed by atoms with Crippen LogP contribution in [0.25, 0.3) is 0 Å². The van der Waals surface area contributed by atoms with Gasteiger partial charge in [0.1, 0.15) is 0 Å². The summed E-state index contributed by atoms with van der Waals surface area (Å²) < 4.78 is 5.35. The topological polar surface area (TPSA) is 64.9 Å². The van der Waals surface area contributed by atoms with Gasteiger partial charge in [0.25, 0.3) is 0 Å². The Morgan fingerprint density at radius 3 is 2.65 bits per heavy atom. The second-order valence-corrected chi connectivity index (χ2v) is 5.67. The van der Waals surface area contributed by atoms with Gasteiger partial charge in [-0.2, -0.15) is 4.98 Å². The molecule has 1 aliphatic rings. The summed E-state index contributed by atoms with van der Waals surface area (Å²) in [5.74, 6) is 1.86. The SMILES string of the molecule is CCCC(N)Cc1nc(C2Cc3ccccc3C2)no1. The molecule has 20 heavy (non-hydrogen) atoms. The highest BCUT2D eigenvalue weighted by atomic mass is 16.5. The third kappa shape index (κ3) is 2.75. The molecular weight excluding hydrogens is 250 g/mol. The Morgan fingerprint density at radius 2 is 2.00 bits per heavy atom. The van der Waals surface area contributed by atoms with Gasteiger partial charge in [0, 0.05) is 18.4 Å². The van der Waals surface area contributed by atoms with Crippen molar-refractivity contribution in [3.05, 3.63) is 47.1 Å². The van der Waals surface area contributed by atoms with E-state index in [1.54, 1.807) is 0 Å². The molecule has 1 atom stereocenters. The van der Waals surface area contributed by atoms with E-state index in [2.05, 4.69) is 41.3 Å². The number of nitrogens with two attached hydrogens (primary N) is 1. The summed E-state index contributed by atoms with van der Waals surface area (Å²) in [6.45, 7) is 2.13. The Labute approximate surface area is 119 Å². The van der Waals surface area contributed by atoms with Crippen LogP contribution >= 0.6 is 0 Å². The standard InChI is InChI=1S/C16H21N3O/c1-2-5-14(17)10-15-18-16(19-20-15)13-8-11-6-3-4-7-12(11)9-13/h3-4,6-7,13-14H,2,5,8-10,17H2,1H3. The van der Waals surface area contributed by atoms with Crippen LogP contribution < -0.4 is 5.73 Å². The first kappa shape index (κ1) is 13.3. The van der Waals surface area contributed by atoms with E-state index in [4.69, 9.17) is 10.3 Å². The molecule has 0 bridgehead atoms. The summed E-state index contributed by atoms with van der Waals surface area (Å²) >= 11 is 0. The molecule has 0 spiro atoms. The predicted octanol–water partition coefficient (Wildman–Crippen LogP) is 2.62. The Bertz CT molecular complexity index is 554. The van der Waals surface area contributed by atoms with Gasteiger partial charge in [-0.05, 0) is 30.4 Å². The quantitative estimate of drug-likeness (QED) is 0.908. The van der Waals surface area contributed by atoms with Crippen molar-refractivity contribution in [2.24, 2.45) is 5.73 Å². The lowest BCUT2D eigenvalue weighted by Crippen LogP contribution is -2.22. The van der Waals surface area contributed by atoms with E-state index in [9.17, 15) is 0 Å². The van der Waals surface area contributed by atoms with Crippen molar-refractivity contribution in [3.63, 3.8) is 0 Å². The van der Waals surface area contributed by atoms with Crippen LogP contribution in [0.2, 0.25) is 0 Å². The van der Waals surface area contributed by atoms with Crippen molar-refractivity contribution < 1.29 is 4.52 Å². The van der Waals surface area contributed by atoms with Crippen LogP contribution in [0.15, 0.2) is 28.8 Å². The zero-order valence-electron chi connectivity index (χ0n) is 11.9. The summed E-state index contributed by atoms with van der Waals surface area (Å²) in [7, 11) is 0. The first-order chi connectivity index (χ1) is 9.76. The van der Waals surface area contributed by atoms with Crippen molar-refractivity contribution in [1.82, 2.24) is 10.1 Å². The molecule has 0 saturated heterocycles. The summed E-state index contributed by atoms with van der Waals surface area (Å²) in [6, 6.07) is 8.68. The van der Waals surface area contributed by atoms with Crippen LogP contribution in [0.1, 0.15) is 48.5 Å². The van der Waals surface area contributed by atoms with Gasteiger partial charge in [-0.25, -0.2) is 0 Å². The summed E-state index contributed by atoms with van der Waals surface area (Å²) in [4.78, 5) is 4.54. The maximum Gasteiger partial charge on any atom is 0.228 e. The lowest BCUT2D eigenvalue weighted by atomic mass is 10.1. The number of nitrogens with zero attached hydrogens (tertiary/aromatic N) is 2. The number of benzene rings is 1. The molecule has 0 radical (unpaired) electrons. The third-order valence-corrected chi connectivity index (χ3v) is 4.00. The predicted molar refractivity (Wildman–Crippen MR) is 77.5 cm³/mol. The minimum Gasteiger partial charge on any atom is -0.339 e. The van der Waals surface area contributed by atoms with Crippen molar-refractivity contribution in [2.45, 2.75) is 51.0 Å². The molecule has 1 aromatic heterocycles. The van der Waals surface area contributed by atoms with Gasteiger partial charge in [0.05, 0.1) is 0 Å². The highest BCUT2D eigenvalue weighted by Crippen LogP contribution is 2.32. The molecule has 106 valence electrons. The molecule has 1 aliphatic carbocycles. The first-order valence-corrected chi connectivity index (χ1v) is 7.41. The molecule has 0 saturated carbocycles. The summed E-state index contributed by atoms with van der Waals surface area (Å²) in [5, 5.41) is 4.15. The number of hydrogen-bond donors (Lipinski definition) is 1. The molecule has 4 nitrogen and oxygen atoms in total. The van der Waals surface area contributed by atoms with Gasteiger partial charge in [0.15, 0.2) is 5.82 Å². The van der Waals surface area contributed by atoms with Gasteiger partial charge in [0.2, 0.25) is 5.89 Å². The number of hydrogen-bond acceptors (Lipinski definition) is 4. The molecule has 3 rings (SSSR count). The first-order valence-electron chi connectivity index (χ1n) is 7.41. The molecule has 1 heterocycles. The fourth-order valence-corrected chi connectivity index (χ4v) is 2.96. The van der Waals surface area contributed by atoms with Gasteiger partial charge in [-0.15, -0.1) is 0 Å². The largest absolute Gasteiger partial charge is 0.339 e. The second-order valence-electron chi connectivity index (χ2n) is 5.67. The minimum atomic E-state index is 0.120. The van der Waals surface area contributed by atoms with E-state index in [1.807, 2.05) is 0 Å².